The standard InChI is InChI=1S/C13H18O4/c1-16-12-8-13(15,11(9-14)17-12)7-10-5-3-2-4-6-10/h2-6,11-12,14-15H,7-9H2,1H3/t11-,12?,13+/m1/s1. The topological polar surface area (TPSA) is 58.9 Å². The fourth-order valence-corrected chi connectivity index (χ4v) is 2.27. The van der Waals surface area contributed by atoms with E-state index < -0.39 is 18.0 Å². The van der Waals surface area contributed by atoms with E-state index in [1.165, 1.54) is 7.11 Å². The van der Waals surface area contributed by atoms with E-state index >= 15 is 0 Å². The van der Waals surface area contributed by atoms with Gasteiger partial charge in [-0.2, -0.15) is 0 Å². The Morgan fingerprint density at radius 3 is 2.71 bits per heavy atom. The number of hydrogen-bond acceptors (Lipinski definition) is 4. The molecule has 0 saturated carbocycles. The van der Waals surface area contributed by atoms with E-state index in [0.29, 0.717) is 12.8 Å². The van der Waals surface area contributed by atoms with Crippen molar-refractivity contribution in [3.05, 3.63) is 35.9 Å². The molecule has 0 aromatic heterocycles. The van der Waals surface area contributed by atoms with Gasteiger partial charge in [-0.3, -0.25) is 0 Å². The van der Waals surface area contributed by atoms with Crippen molar-refractivity contribution in [1.82, 2.24) is 0 Å². The molecule has 0 amide bonds. The SMILES string of the molecule is COC1C[C@@](O)(Cc2ccccc2)[C@@H](CO)O1. The molecule has 4 heteroatoms. The van der Waals surface area contributed by atoms with Gasteiger partial charge in [-0.15, -0.1) is 0 Å². The third-order valence-electron chi connectivity index (χ3n) is 3.22. The highest BCUT2D eigenvalue weighted by molar-refractivity contribution is 5.18. The molecule has 1 aliphatic rings. The van der Waals surface area contributed by atoms with Gasteiger partial charge in [-0.1, -0.05) is 30.3 Å². The molecule has 0 spiro atoms. The maximum Gasteiger partial charge on any atom is 0.160 e. The first-order valence-electron chi connectivity index (χ1n) is 5.73. The van der Waals surface area contributed by atoms with Crippen molar-refractivity contribution in [2.24, 2.45) is 0 Å². The third kappa shape index (κ3) is 2.66. The fourth-order valence-electron chi connectivity index (χ4n) is 2.27. The Morgan fingerprint density at radius 1 is 1.41 bits per heavy atom. The molecular weight excluding hydrogens is 220 g/mol. The van der Waals surface area contributed by atoms with Crippen molar-refractivity contribution in [3.8, 4) is 0 Å². The van der Waals surface area contributed by atoms with E-state index in [4.69, 9.17) is 9.47 Å². The van der Waals surface area contributed by atoms with E-state index in [2.05, 4.69) is 0 Å². The van der Waals surface area contributed by atoms with E-state index in [-0.39, 0.29) is 6.61 Å². The van der Waals surface area contributed by atoms with E-state index in [1.54, 1.807) is 0 Å². The first-order valence-corrected chi connectivity index (χ1v) is 5.73. The summed E-state index contributed by atoms with van der Waals surface area (Å²) in [4.78, 5) is 0. The Bertz CT molecular complexity index is 354. The fraction of sp³-hybridized carbons (Fsp3) is 0.538. The second-order valence-corrected chi connectivity index (χ2v) is 4.44. The maximum atomic E-state index is 10.5. The highest BCUT2D eigenvalue weighted by atomic mass is 16.7. The first-order chi connectivity index (χ1) is 8.18. The maximum absolute atomic E-state index is 10.5. The minimum Gasteiger partial charge on any atom is -0.394 e. The Labute approximate surface area is 101 Å². The van der Waals surface area contributed by atoms with Crippen LogP contribution in [0.4, 0.5) is 0 Å². The van der Waals surface area contributed by atoms with Crippen LogP contribution in [0.25, 0.3) is 0 Å². The number of methoxy groups -OCH3 is 1. The second kappa shape index (κ2) is 5.14. The number of benzene rings is 1. The quantitative estimate of drug-likeness (QED) is 0.811. The average molecular weight is 238 g/mol. The van der Waals surface area contributed by atoms with Crippen molar-refractivity contribution in [1.29, 1.82) is 0 Å². The zero-order chi connectivity index (χ0) is 12.3. The molecule has 0 aliphatic carbocycles. The molecule has 1 aromatic rings. The zero-order valence-corrected chi connectivity index (χ0v) is 9.87. The lowest BCUT2D eigenvalue weighted by Gasteiger charge is -2.26. The second-order valence-electron chi connectivity index (χ2n) is 4.44. The predicted molar refractivity (Wildman–Crippen MR) is 62.5 cm³/mol. The molecule has 94 valence electrons. The van der Waals surface area contributed by atoms with E-state index in [1.807, 2.05) is 30.3 Å². The molecule has 1 saturated heterocycles. The van der Waals surface area contributed by atoms with Gasteiger partial charge in [0.25, 0.3) is 0 Å². The van der Waals surface area contributed by atoms with Crippen LogP contribution in [0.2, 0.25) is 0 Å². The van der Waals surface area contributed by atoms with Crippen LogP contribution in [0, 0.1) is 0 Å². The van der Waals surface area contributed by atoms with Gasteiger partial charge >= 0.3 is 0 Å². The molecule has 1 heterocycles. The summed E-state index contributed by atoms with van der Waals surface area (Å²) < 4.78 is 10.5. The van der Waals surface area contributed by atoms with Crippen LogP contribution < -0.4 is 0 Å². The summed E-state index contributed by atoms with van der Waals surface area (Å²) >= 11 is 0. The molecule has 0 radical (unpaired) electrons. The summed E-state index contributed by atoms with van der Waals surface area (Å²) in [6, 6.07) is 9.69. The van der Waals surface area contributed by atoms with Crippen LogP contribution in [0.5, 0.6) is 0 Å². The molecule has 1 aliphatic heterocycles. The van der Waals surface area contributed by atoms with Crippen molar-refractivity contribution in [2.75, 3.05) is 13.7 Å². The van der Waals surface area contributed by atoms with Gasteiger partial charge in [0.2, 0.25) is 0 Å². The van der Waals surface area contributed by atoms with Gasteiger partial charge in [0, 0.05) is 20.0 Å². The Hall–Kier alpha value is -0.940. The van der Waals surface area contributed by atoms with E-state index in [9.17, 15) is 10.2 Å². The molecule has 3 atom stereocenters. The van der Waals surface area contributed by atoms with Crippen LogP contribution in [-0.4, -0.2) is 41.9 Å². The molecule has 2 N–H and O–H groups in total. The minimum atomic E-state index is -1.06. The van der Waals surface area contributed by atoms with Crippen LogP contribution in [0.3, 0.4) is 0 Å². The van der Waals surface area contributed by atoms with Crippen LogP contribution in [0.1, 0.15) is 12.0 Å². The van der Waals surface area contributed by atoms with Gasteiger partial charge in [-0.05, 0) is 5.56 Å². The number of aliphatic hydroxyl groups excluding tert-OH is 1. The smallest absolute Gasteiger partial charge is 0.160 e. The number of hydrogen-bond donors (Lipinski definition) is 2. The molecule has 1 aromatic carbocycles. The lowest BCUT2D eigenvalue weighted by atomic mass is 9.88. The highest BCUT2D eigenvalue weighted by Crippen LogP contribution is 2.33. The summed E-state index contributed by atoms with van der Waals surface area (Å²) in [6.45, 7) is -0.205. The summed E-state index contributed by atoms with van der Waals surface area (Å²) in [5.41, 5.74) is -0.0367. The van der Waals surface area contributed by atoms with Gasteiger partial charge in [0.15, 0.2) is 6.29 Å². The Morgan fingerprint density at radius 2 is 2.12 bits per heavy atom. The molecule has 1 unspecified atom stereocenters. The summed E-state index contributed by atoms with van der Waals surface area (Å²) in [5, 5.41) is 19.8. The molecule has 2 rings (SSSR count). The Kier molecular flexibility index (Phi) is 3.79. The molecule has 0 bridgehead atoms. The van der Waals surface area contributed by atoms with Crippen LogP contribution >= 0.6 is 0 Å². The predicted octanol–water partition coefficient (Wildman–Crippen LogP) is 0.714. The Balaban J connectivity index is 2.12. The first kappa shape index (κ1) is 12.5. The van der Waals surface area contributed by atoms with Gasteiger partial charge in [0.1, 0.15) is 11.7 Å². The van der Waals surface area contributed by atoms with Gasteiger partial charge in [0.05, 0.1) is 6.61 Å². The molecular formula is C13H18O4. The summed E-state index contributed by atoms with van der Waals surface area (Å²) in [5.74, 6) is 0. The normalized spacial score (nSPS) is 32.9. The van der Waals surface area contributed by atoms with Crippen molar-refractivity contribution in [2.45, 2.75) is 30.8 Å². The summed E-state index contributed by atoms with van der Waals surface area (Å²) in [7, 11) is 1.54. The van der Waals surface area contributed by atoms with Crippen molar-refractivity contribution < 1.29 is 19.7 Å². The lowest BCUT2D eigenvalue weighted by Crippen LogP contribution is -2.42. The molecule has 4 nitrogen and oxygen atoms in total. The monoisotopic (exact) mass is 238 g/mol. The molecule has 1 fully saturated rings. The third-order valence-corrected chi connectivity index (χ3v) is 3.22. The van der Waals surface area contributed by atoms with Gasteiger partial charge in [-0.25, -0.2) is 0 Å². The van der Waals surface area contributed by atoms with Crippen molar-refractivity contribution >= 4 is 0 Å². The van der Waals surface area contributed by atoms with Crippen molar-refractivity contribution in [3.63, 3.8) is 0 Å². The van der Waals surface area contributed by atoms with Crippen LogP contribution in [0.15, 0.2) is 30.3 Å². The summed E-state index contributed by atoms with van der Waals surface area (Å²) in [6.07, 6.45) is -0.198. The number of ether oxygens (including phenoxy) is 2. The van der Waals surface area contributed by atoms with E-state index in [0.717, 1.165) is 5.56 Å². The highest BCUT2D eigenvalue weighted by Gasteiger charge is 2.47. The number of aliphatic hydroxyl groups is 2. The molecule has 17 heavy (non-hydrogen) atoms. The zero-order valence-electron chi connectivity index (χ0n) is 9.87. The minimum absolute atomic E-state index is 0.205. The number of rotatable bonds is 4. The lowest BCUT2D eigenvalue weighted by molar-refractivity contribution is -0.135. The van der Waals surface area contributed by atoms with Gasteiger partial charge < -0.3 is 19.7 Å². The average Bonchev–Trinajstić information content (AvgIpc) is 2.66. The van der Waals surface area contributed by atoms with Crippen LogP contribution in [-0.2, 0) is 15.9 Å². The largest absolute Gasteiger partial charge is 0.394 e.